The van der Waals surface area contributed by atoms with Crippen molar-refractivity contribution < 1.29 is 14.6 Å². The molecule has 0 spiro atoms. The number of hydrogen-bond acceptors (Lipinski definition) is 2. The second-order valence-electron chi connectivity index (χ2n) is 3.60. The highest BCUT2D eigenvalue weighted by Gasteiger charge is 2.22. The number of rotatable bonds is 2. The lowest BCUT2D eigenvalue weighted by Gasteiger charge is -2.26. The van der Waals surface area contributed by atoms with Crippen molar-refractivity contribution in [1.82, 2.24) is 5.32 Å². The van der Waals surface area contributed by atoms with E-state index in [4.69, 9.17) is 9.84 Å². The molecule has 1 aliphatic heterocycles. The molecule has 1 amide bonds. The van der Waals surface area contributed by atoms with E-state index in [1.54, 1.807) is 0 Å². The number of amides is 1. The van der Waals surface area contributed by atoms with Crippen molar-refractivity contribution in [2.75, 3.05) is 13.2 Å². The number of benzene rings is 1. The second-order valence-corrected chi connectivity index (χ2v) is 4.46. The fourth-order valence-electron chi connectivity index (χ4n) is 1.88. The first-order valence-corrected chi connectivity index (χ1v) is 5.83. The lowest BCUT2D eigenvalue weighted by molar-refractivity contribution is 0.0424. The highest BCUT2D eigenvalue weighted by Crippen LogP contribution is 2.31. The molecule has 5 heteroatoms. The molecule has 1 heterocycles. The van der Waals surface area contributed by atoms with Gasteiger partial charge in [-0.25, -0.2) is 4.79 Å². The van der Waals surface area contributed by atoms with Crippen LogP contribution < -0.4 is 5.32 Å². The van der Waals surface area contributed by atoms with Gasteiger partial charge < -0.3 is 15.2 Å². The van der Waals surface area contributed by atoms with Crippen LogP contribution in [0.2, 0.25) is 0 Å². The predicted octanol–water partition coefficient (Wildman–Crippen LogP) is 2.33. The average molecular weight is 286 g/mol. The molecule has 86 valence electrons. The maximum atomic E-state index is 10.4. The first kappa shape index (κ1) is 11.4. The van der Waals surface area contributed by atoms with E-state index in [1.165, 1.54) is 5.56 Å². The Labute approximate surface area is 102 Å². The van der Waals surface area contributed by atoms with Gasteiger partial charge in [0.1, 0.15) is 6.10 Å². The summed E-state index contributed by atoms with van der Waals surface area (Å²) in [7, 11) is 0. The third-order valence-corrected chi connectivity index (χ3v) is 3.35. The van der Waals surface area contributed by atoms with Gasteiger partial charge in [-0.1, -0.05) is 28.1 Å². The maximum Gasteiger partial charge on any atom is 0.404 e. The molecule has 2 rings (SSSR count). The molecule has 0 fully saturated rings. The van der Waals surface area contributed by atoms with Gasteiger partial charge >= 0.3 is 6.09 Å². The third kappa shape index (κ3) is 2.36. The zero-order valence-electron chi connectivity index (χ0n) is 8.57. The van der Waals surface area contributed by atoms with E-state index in [2.05, 4.69) is 21.2 Å². The van der Waals surface area contributed by atoms with Crippen LogP contribution in [0, 0.1) is 0 Å². The fourth-order valence-corrected chi connectivity index (χ4v) is 2.46. The van der Waals surface area contributed by atoms with E-state index in [9.17, 15) is 4.79 Å². The van der Waals surface area contributed by atoms with Gasteiger partial charge in [-0.15, -0.1) is 0 Å². The first-order chi connectivity index (χ1) is 7.68. The molecule has 0 radical (unpaired) electrons. The van der Waals surface area contributed by atoms with Crippen molar-refractivity contribution >= 4 is 22.0 Å². The highest BCUT2D eigenvalue weighted by atomic mass is 79.9. The molecular weight excluding hydrogens is 274 g/mol. The normalized spacial score (nSPS) is 18.9. The van der Waals surface area contributed by atoms with Crippen LogP contribution in [-0.2, 0) is 11.2 Å². The van der Waals surface area contributed by atoms with Crippen molar-refractivity contribution in [2.45, 2.75) is 12.5 Å². The van der Waals surface area contributed by atoms with Gasteiger partial charge in [-0.05, 0) is 23.6 Å². The predicted molar refractivity (Wildman–Crippen MR) is 62.6 cm³/mol. The molecule has 0 aromatic heterocycles. The number of fused-ring (bicyclic) bond motifs is 1. The minimum absolute atomic E-state index is 0.183. The number of hydrogen-bond donors (Lipinski definition) is 2. The smallest absolute Gasteiger partial charge is 0.404 e. The molecule has 0 saturated carbocycles. The van der Waals surface area contributed by atoms with Gasteiger partial charge in [0, 0.05) is 4.47 Å². The average Bonchev–Trinajstić information content (AvgIpc) is 2.27. The molecule has 0 saturated heterocycles. The molecule has 1 unspecified atom stereocenters. The van der Waals surface area contributed by atoms with E-state index < -0.39 is 6.09 Å². The fraction of sp³-hybridized carbons (Fsp3) is 0.364. The largest absolute Gasteiger partial charge is 0.465 e. The van der Waals surface area contributed by atoms with Crippen LogP contribution in [0.5, 0.6) is 0 Å². The summed E-state index contributed by atoms with van der Waals surface area (Å²) in [5.74, 6) is 0. The number of ether oxygens (including phenoxy) is 1. The Bertz CT molecular complexity index is 408. The minimum Gasteiger partial charge on any atom is -0.465 e. The van der Waals surface area contributed by atoms with E-state index in [-0.39, 0.29) is 6.10 Å². The van der Waals surface area contributed by atoms with E-state index >= 15 is 0 Å². The molecule has 1 aliphatic rings. The summed E-state index contributed by atoms with van der Waals surface area (Å²) in [4.78, 5) is 10.4. The van der Waals surface area contributed by atoms with E-state index in [0.717, 1.165) is 16.5 Å². The SMILES string of the molecule is O=C(O)NCC1OCCc2c(Br)cccc21. The summed E-state index contributed by atoms with van der Waals surface area (Å²) >= 11 is 3.50. The minimum atomic E-state index is -1.02. The molecule has 4 nitrogen and oxygen atoms in total. The van der Waals surface area contributed by atoms with Crippen LogP contribution in [-0.4, -0.2) is 24.4 Å². The molecule has 1 aromatic carbocycles. The van der Waals surface area contributed by atoms with Crippen LogP contribution in [0.1, 0.15) is 17.2 Å². The van der Waals surface area contributed by atoms with Gasteiger partial charge in [0.05, 0.1) is 13.2 Å². The molecule has 0 bridgehead atoms. The monoisotopic (exact) mass is 285 g/mol. The molecule has 1 atom stereocenters. The summed E-state index contributed by atoms with van der Waals surface area (Å²) in [6, 6.07) is 5.91. The Hall–Kier alpha value is -1.07. The van der Waals surface area contributed by atoms with Gasteiger partial charge in [-0.2, -0.15) is 0 Å². The standard InChI is InChI=1S/C11H12BrNO3/c12-9-3-1-2-8-7(9)4-5-16-10(8)6-13-11(14)15/h1-3,10,13H,4-6H2,(H,14,15). The highest BCUT2D eigenvalue weighted by molar-refractivity contribution is 9.10. The van der Waals surface area contributed by atoms with Crippen molar-refractivity contribution in [2.24, 2.45) is 0 Å². The van der Waals surface area contributed by atoms with Crippen molar-refractivity contribution in [3.8, 4) is 0 Å². The lowest BCUT2D eigenvalue weighted by atomic mass is 9.97. The zero-order valence-corrected chi connectivity index (χ0v) is 10.2. The summed E-state index contributed by atoms with van der Waals surface area (Å²) in [5, 5.41) is 10.9. The van der Waals surface area contributed by atoms with Gasteiger partial charge in [-0.3, -0.25) is 0 Å². The third-order valence-electron chi connectivity index (χ3n) is 2.61. The number of carboxylic acid groups (broad SMARTS) is 1. The van der Waals surface area contributed by atoms with Gasteiger partial charge in [0.15, 0.2) is 0 Å². The molecule has 0 aliphatic carbocycles. The number of halogens is 1. The Kier molecular flexibility index (Phi) is 3.46. The van der Waals surface area contributed by atoms with Gasteiger partial charge in [0.25, 0.3) is 0 Å². The lowest BCUT2D eigenvalue weighted by Crippen LogP contribution is -2.30. The molecule has 2 N–H and O–H groups in total. The Morgan fingerprint density at radius 3 is 3.19 bits per heavy atom. The molecule has 16 heavy (non-hydrogen) atoms. The number of carbonyl (C=O) groups is 1. The molecule has 1 aromatic rings. The maximum absolute atomic E-state index is 10.4. The summed E-state index contributed by atoms with van der Waals surface area (Å²) in [5.41, 5.74) is 2.28. The van der Waals surface area contributed by atoms with Crippen molar-refractivity contribution in [3.63, 3.8) is 0 Å². The van der Waals surface area contributed by atoms with E-state index in [1.807, 2.05) is 18.2 Å². The van der Waals surface area contributed by atoms with Crippen molar-refractivity contribution in [1.29, 1.82) is 0 Å². The summed E-state index contributed by atoms with van der Waals surface area (Å²) in [6.45, 7) is 0.917. The second kappa shape index (κ2) is 4.84. The Morgan fingerprint density at radius 2 is 2.44 bits per heavy atom. The van der Waals surface area contributed by atoms with Gasteiger partial charge in [0.2, 0.25) is 0 Å². The summed E-state index contributed by atoms with van der Waals surface area (Å²) in [6.07, 6.45) is -0.344. The quantitative estimate of drug-likeness (QED) is 0.877. The number of nitrogens with one attached hydrogen (secondary N) is 1. The Morgan fingerprint density at radius 1 is 1.62 bits per heavy atom. The van der Waals surface area contributed by atoms with E-state index in [0.29, 0.717) is 13.2 Å². The summed E-state index contributed by atoms with van der Waals surface area (Å²) < 4.78 is 6.63. The van der Waals surface area contributed by atoms with Crippen molar-refractivity contribution in [3.05, 3.63) is 33.8 Å². The van der Waals surface area contributed by atoms with Crippen LogP contribution in [0.3, 0.4) is 0 Å². The van der Waals surface area contributed by atoms with Crippen LogP contribution in [0.15, 0.2) is 22.7 Å². The zero-order chi connectivity index (χ0) is 11.5. The molecular formula is C11H12BrNO3. The van der Waals surface area contributed by atoms with Crippen LogP contribution in [0.25, 0.3) is 0 Å². The Balaban J connectivity index is 2.19. The van der Waals surface area contributed by atoms with Crippen LogP contribution >= 0.6 is 15.9 Å². The first-order valence-electron chi connectivity index (χ1n) is 5.04. The topological polar surface area (TPSA) is 58.6 Å². The van der Waals surface area contributed by atoms with Crippen LogP contribution in [0.4, 0.5) is 4.79 Å².